The molecule has 4 heteroatoms. The van der Waals surface area contributed by atoms with Gasteiger partial charge in [0.15, 0.2) is 0 Å². The molecule has 0 bridgehead atoms. The molecule has 0 radical (unpaired) electrons. The van der Waals surface area contributed by atoms with Crippen molar-refractivity contribution in [2.24, 2.45) is 0 Å². The Kier molecular flexibility index (Phi) is 3.77. The Morgan fingerprint density at radius 1 is 1.35 bits per heavy atom. The van der Waals surface area contributed by atoms with Crippen LogP contribution in [0.25, 0.3) is 0 Å². The number of thiophene rings is 1. The Balaban J connectivity index is 2.12. The standard InChI is InChI=1S/C13H13NO2S/c1-16-13(15)12-5-3-2-4-10(12)8-14-11-6-7-17-9-11/h2-7,9,14H,8H2,1H3. The Hall–Kier alpha value is -1.81. The number of hydrogen-bond acceptors (Lipinski definition) is 4. The second-order valence-electron chi connectivity index (χ2n) is 3.51. The molecule has 0 saturated heterocycles. The monoisotopic (exact) mass is 247 g/mol. The van der Waals surface area contributed by atoms with E-state index in [1.165, 1.54) is 7.11 Å². The van der Waals surface area contributed by atoms with Crippen LogP contribution in [-0.2, 0) is 11.3 Å². The number of benzene rings is 1. The zero-order valence-corrected chi connectivity index (χ0v) is 10.3. The molecule has 0 spiro atoms. The third-order valence-corrected chi connectivity index (χ3v) is 3.11. The Morgan fingerprint density at radius 3 is 2.88 bits per heavy atom. The SMILES string of the molecule is COC(=O)c1ccccc1CNc1ccsc1. The molecule has 0 fully saturated rings. The van der Waals surface area contributed by atoms with Gasteiger partial charge in [-0.15, -0.1) is 0 Å². The van der Waals surface area contributed by atoms with Gasteiger partial charge in [0.25, 0.3) is 0 Å². The summed E-state index contributed by atoms with van der Waals surface area (Å²) < 4.78 is 4.75. The molecule has 1 heterocycles. The minimum absolute atomic E-state index is 0.298. The smallest absolute Gasteiger partial charge is 0.338 e. The molecule has 1 aromatic heterocycles. The second-order valence-corrected chi connectivity index (χ2v) is 4.29. The minimum atomic E-state index is -0.298. The van der Waals surface area contributed by atoms with Gasteiger partial charge < -0.3 is 10.1 Å². The summed E-state index contributed by atoms with van der Waals surface area (Å²) in [5, 5.41) is 7.30. The summed E-state index contributed by atoms with van der Waals surface area (Å²) in [5.41, 5.74) is 2.61. The van der Waals surface area contributed by atoms with Crippen LogP contribution in [0.15, 0.2) is 41.1 Å². The van der Waals surface area contributed by atoms with Crippen LogP contribution in [0.4, 0.5) is 5.69 Å². The maximum Gasteiger partial charge on any atom is 0.338 e. The van der Waals surface area contributed by atoms with E-state index in [0.29, 0.717) is 12.1 Å². The summed E-state index contributed by atoms with van der Waals surface area (Å²) in [7, 11) is 1.39. The predicted molar refractivity (Wildman–Crippen MR) is 69.4 cm³/mol. The van der Waals surface area contributed by atoms with Crippen molar-refractivity contribution in [1.29, 1.82) is 0 Å². The van der Waals surface area contributed by atoms with Gasteiger partial charge in [-0.2, -0.15) is 11.3 Å². The zero-order chi connectivity index (χ0) is 12.1. The lowest BCUT2D eigenvalue weighted by molar-refractivity contribution is 0.0599. The molecule has 2 rings (SSSR count). The highest BCUT2D eigenvalue weighted by atomic mass is 32.1. The Labute approximate surface area is 104 Å². The van der Waals surface area contributed by atoms with Gasteiger partial charge in [-0.1, -0.05) is 18.2 Å². The van der Waals surface area contributed by atoms with Gasteiger partial charge in [0, 0.05) is 17.6 Å². The molecule has 0 saturated carbocycles. The van der Waals surface area contributed by atoms with Gasteiger partial charge in [-0.25, -0.2) is 4.79 Å². The van der Waals surface area contributed by atoms with Crippen molar-refractivity contribution in [1.82, 2.24) is 0 Å². The number of hydrogen-bond donors (Lipinski definition) is 1. The number of anilines is 1. The topological polar surface area (TPSA) is 38.3 Å². The van der Waals surface area contributed by atoms with Crippen LogP contribution in [0.2, 0.25) is 0 Å². The van der Waals surface area contributed by atoms with Gasteiger partial charge in [0.1, 0.15) is 0 Å². The van der Waals surface area contributed by atoms with Crippen LogP contribution >= 0.6 is 11.3 Å². The fourth-order valence-electron chi connectivity index (χ4n) is 1.55. The van der Waals surface area contributed by atoms with E-state index in [1.807, 2.05) is 35.0 Å². The first-order valence-electron chi connectivity index (χ1n) is 5.23. The predicted octanol–water partition coefficient (Wildman–Crippen LogP) is 3.15. The van der Waals surface area contributed by atoms with Gasteiger partial charge in [0.05, 0.1) is 12.7 Å². The van der Waals surface area contributed by atoms with Crippen molar-refractivity contribution in [3.8, 4) is 0 Å². The third-order valence-electron chi connectivity index (χ3n) is 2.43. The van der Waals surface area contributed by atoms with Gasteiger partial charge in [-0.3, -0.25) is 0 Å². The van der Waals surface area contributed by atoms with E-state index in [4.69, 9.17) is 4.74 Å². The molecule has 1 N–H and O–H groups in total. The van der Waals surface area contributed by atoms with Crippen LogP contribution in [0.5, 0.6) is 0 Å². The van der Waals surface area contributed by atoms with Crippen LogP contribution in [-0.4, -0.2) is 13.1 Å². The molecule has 0 aliphatic rings. The van der Waals surface area contributed by atoms with E-state index in [2.05, 4.69) is 5.32 Å². The highest BCUT2D eigenvalue weighted by Crippen LogP contribution is 2.15. The Morgan fingerprint density at radius 2 is 2.18 bits per heavy atom. The molecular formula is C13H13NO2S. The van der Waals surface area contributed by atoms with Crippen LogP contribution in [0, 0.1) is 0 Å². The van der Waals surface area contributed by atoms with Crippen molar-refractivity contribution < 1.29 is 9.53 Å². The summed E-state index contributed by atoms with van der Waals surface area (Å²) in [6.45, 7) is 0.613. The quantitative estimate of drug-likeness (QED) is 0.843. The molecular weight excluding hydrogens is 234 g/mol. The third kappa shape index (κ3) is 2.85. The normalized spacial score (nSPS) is 9.94. The lowest BCUT2D eigenvalue weighted by Gasteiger charge is -2.08. The van der Waals surface area contributed by atoms with Gasteiger partial charge in [-0.05, 0) is 23.1 Å². The summed E-state index contributed by atoms with van der Waals surface area (Å²) >= 11 is 1.64. The summed E-state index contributed by atoms with van der Waals surface area (Å²) in [6, 6.07) is 9.45. The minimum Gasteiger partial charge on any atom is -0.465 e. The number of esters is 1. The number of ether oxygens (including phenoxy) is 1. The lowest BCUT2D eigenvalue weighted by atomic mass is 10.1. The van der Waals surface area contributed by atoms with Gasteiger partial charge >= 0.3 is 5.97 Å². The first-order chi connectivity index (χ1) is 8.31. The molecule has 1 aromatic carbocycles. The molecule has 88 valence electrons. The fourth-order valence-corrected chi connectivity index (χ4v) is 2.16. The summed E-state index contributed by atoms with van der Waals surface area (Å²) in [4.78, 5) is 11.5. The highest BCUT2D eigenvalue weighted by molar-refractivity contribution is 7.08. The first-order valence-corrected chi connectivity index (χ1v) is 6.18. The largest absolute Gasteiger partial charge is 0.465 e. The van der Waals surface area contributed by atoms with Gasteiger partial charge in [0.2, 0.25) is 0 Å². The van der Waals surface area contributed by atoms with Crippen molar-refractivity contribution in [2.75, 3.05) is 12.4 Å². The van der Waals surface area contributed by atoms with Crippen molar-refractivity contribution >= 4 is 23.0 Å². The Bertz CT molecular complexity index is 494. The maximum absolute atomic E-state index is 11.5. The molecule has 17 heavy (non-hydrogen) atoms. The van der Waals surface area contributed by atoms with E-state index in [9.17, 15) is 4.79 Å². The van der Waals surface area contributed by atoms with Crippen LogP contribution in [0.1, 0.15) is 15.9 Å². The molecule has 0 amide bonds. The average Bonchev–Trinajstić information content (AvgIpc) is 2.89. The molecule has 0 aliphatic carbocycles. The molecule has 0 aliphatic heterocycles. The number of nitrogens with one attached hydrogen (secondary N) is 1. The molecule has 0 atom stereocenters. The second kappa shape index (κ2) is 5.50. The first kappa shape index (κ1) is 11.7. The number of rotatable bonds is 4. The van der Waals surface area contributed by atoms with E-state index < -0.39 is 0 Å². The number of carbonyl (C=O) groups excluding carboxylic acids is 1. The van der Waals surface area contributed by atoms with E-state index in [0.717, 1.165) is 11.3 Å². The number of methoxy groups -OCH3 is 1. The highest BCUT2D eigenvalue weighted by Gasteiger charge is 2.10. The van der Waals surface area contributed by atoms with E-state index >= 15 is 0 Å². The van der Waals surface area contributed by atoms with E-state index in [-0.39, 0.29) is 5.97 Å². The fraction of sp³-hybridized carbons (Fsp3) is 0.154. The number of carbonyl (C=O) groups is 1. The van der Waals surface area contributed by atoms with Crippen molar-refractivity contribution in [2.45, 2.75) is 6.54 Å². The molecule has 0 unspecified atom stereocenters. The van der Waals surface area contributed by atoms with Crippen LogP contribution in [0.3, 0.4) is 0 Å². The zero-order valence-electron chi connectivity index (χ0n) is 9.47. The summed E-state index contributed by atoms with van der Waals surface area (Å²) in [6.07, 6.45) is 0. The molecule has 2 aromatic rings. The van der Waals surface area contributed by atoms with E-state index in [1.54, 1.807) is 17.4 Å². The average molecular weight is 247 g/mol. The van der Waals surface area contributed by atoms with Crippen LogP contribution < -0.4 is 5.32 Å². The lowest BCUT2D eigenvalue weighted by Crippen LogP contribution is -2.08. The van der Waals surface area contributed by atoms with Crippen molar-refractivity contribution in [3.63, 3.8) is 0 Å². The maximum atomic E-state index is 11.5. The summed E-state index contributed by atoms with van der Waals surface area (Å²) in [5.74, 6) is -0.298. The molecule has 3 nitrogen and oxygen atoms in total. The van der Waals surface area contributed by atoms with Crippen molar-refractivity contribution in [3.05, 3.63) is 52.2 Å².